The van der Waals surface area contributed by atoms with Crippen LogP contribution in [-0.4, -0.2) is 23.2 Å². The second-order valence-electron chi connectivity index (χ2n) is 5.61. The molecule has 0 saturated carbocycles. The van der Waals surface area contributed by atoms with Crippen molar-refractivity contribution < 1.29 is 18.4 Å². The third-order valence-corrected chi connectivity index (χ3v) is 3.79. The highest BCUT2D eigenvalue weighted by atomic mass is 19.1. The molecule has 134 valence electrons. The van der Waals surface area contributed by atoms with Gasteiger partial charge in [0.05, 0.1) is 7.11 Å². The van der Waals surface area contributed by atoms with Gasteiger partial charge in [-0.3, -0.25) is 4.79 Å². The van der Waals surface area contributed by atoms with Crippen LogP contribution in [-0.2, 0) is 17.8 Å². The number of rotatable bonds is 7. The van der Waals surface area contributed by atoms with Crippen LogP contribution in [0.3, 0.4) is 0 Å². The molecule has 0 aliphatic carbocycles. The molecule has 3 aromatic rings. The summed E-state index contributed by atoms with van der Waals surface area (Å²) in [4.78, 5) is 16.2. The van der Waals surface area contributed by atoms with Gasteiger partial charge in [0.15, 0.2) is 0 Å². The normalized spacial score (nSPS) is 10.5. The van der Waals surface area contributed by atoms with E-state index < -0.39 is 0 Å². The summed E-state index contributed by atoms with van der Waals surface area (Å²) in [6, 6.07) is 13.4. The quantitative estimate of drug-likeness (QED) is 0.704. The van der Waals surface area contributed by atoms with E-state index in [-0.39, 0.29) is 18.1 Å². The van der Waals surface area contributed by atoms with E-state index in [9.17, 15) is 9.18 Å². The number of ether oxygens (including phenoxy) is 1. The summed E-state index contributed by atoms with van der Waals surface area (Å²) in [5, 5.41) is 6.65. The first-order valence-electron chi connectivity index (χ1n) is 8.13. The van der Waals surface area contributed by atoms with E-state index in [4.69, 9.17) is 9.26 Å². The number of hydrogen-bond donors (Lipinski definition) is 1. The first kappa shape index (κ1) is 17.6. The molecular formula is C19H18FN3O3. The average molecular weight is 355 g/mol. The fraction of sp³-hybridized carbons (Fsp3) is 0.211. The first-order chi connectivity index (χ1) is 12.7. The molecule has 0 saturated heterocycles. The molecule has 1 heterocycles. The molecule has 0 radical (unpaired) electrons. The van der Waals surface area contributed by atoms with Gasteiger partial charge in [-0.25, -0.2) is 4.39 Å². The molecule has 2 aromatic carbocycles. The molecule has 7 heteroatoms. The Hall–Kier alpha value is -3.22. The van der Waals surface area contributed by atoms with Gasteiger partial charge in [0.25, 0.3) is 0 Å². The molecule has 0 aliphatic rings. The lowest BCUT2D eigenvalue weighted by Gasteiger charge is -2.09. The Labute approximate surface area is 150 Å². The number of amides is 1. The third kappa shape index (κ3) is 4.44. The van der Waals surface area contributed by atoms with Gasteiger partial charge in [-0.15, -0.1) is 0 Å². The minimum absolute atomic E-state index is 0.138. The van der Waals surface area contributed by atoms with E-state index in [0.29, 0.717) is 30.2 Å². The number of benzene rings is 2. The van der Waals surface area contributed by atoms with Crippen molar-refractivity contribution in [1.82, 2.24) is 15.5 Å². The molecule has 0 atom stereocenters. The highest BCUT2D eigenvalue weighted by Gasteiger charge is 2.11. The summed E-state index contributed by atoms with van der Waals surface area (Å²) in [6.45, 7) is 0.376. The second-order valence-corrected chi connectivity index (χ2v) is 5.61. The number of hydrogen-bond acceptors (Lipinski definition) is 5. The number of halogens is 1. The van der Waals surface area contributed by atoms with E-state index in [1.54, 1.807) is 19.2 Å². The predicted molar refractivity (Wildman–Crippen MR) is 92.9 cm³/mol. The summed E-state index contributed by atoms with van der Waals surface area (Å²) in [5.74, 6) is 0.848. The Bertz CT molecular complexity index is 895. The Kier molecular flexibility index (Phi) is 5.58. The van der Waals surface area contributed by atoms with Gasteiger partial charge in [0, 0.05) is 30.5 Å². The van der Waals surface area contributed by atoms with Gasteiger partial charge in [0.1, 0.15) is 11.6 Å². The monoisotopic (exact) mass is 355 g/mol. The number of aromatic nitrogens is 2. The van der Waals surface area contributed by atoms with Crippen molar-refractivity contribution in [2.24, 2.45) is 0 Å². The number of nitrogens with one attached hydrogen (secondary N) is 1. The number of aryl methyl sites for hydroxylation is 1. The first-order valence-corrected chi connectivity index (χ1v) is 8.13. The van der Waals surface area contributed by atoms with Crippen molar-refractivity contribution in [1.29, 1.82) is 0 Å². The van der Waals surface area contributed by atoms with Crippen LogP contribution in [0.2, 0.25) is 0 Å². The van der Waals surface area contributed by atoms with Crippen molar-refractivity contribution in [3.05, 3.63) is 65.8 Å². The number of carbonyl (C=O) groups excluding carboxylic acids is 1. The number of para-hydroxylation sites is 1. The van der Waals surface area contributed by atoms with Crippen molar-refractivity contribution in [2.45, 2.75) is 19.4 Å². The molecule has 6 nitrogen and oxygen atoms in total. The minimum atomic E-state index is -0.371. The van der Waals surface area contributed by atoms with Crippen LogP contribution in [0, 0.1) is 5.82 Å². The fourth-order valence-corrected chi connectivity index (χ4v) is 2.45. The second kappa shape index (κ2) is 8.24. The van der Waals surface area contributed by atoms with Gasteiger partial charge in [-0.05, 0) is 18.2 Å². The maximum atomic E-state index is 13.2. The molecule has 26 heavy (non-hydrogen) atoms. The van der Waals surface area contributed by atoms with Crippen molar-refractivity contribution in [2.75, 3.05) is 7.11 Å². The third-order valence-electron chi connectivity index (χ3n) is 3.79. The molecule has 1 N–H and O–H groups in total. The van der Waals surface area contributed by atoms with Crippen LogP contribution in [0.1, 0.15) is 17.9 Å². The van der Waals surface area contributed by atoms with Gasteiger partial charge >= 0.3 is 0 Å². The zero-order valence-electron chi connectivity index (χ0n) is 14.2. The molecular weight excluding hydrogens is 337 g/mol. The minimum Gasteiger partial charge on any atom is -0.496 e. The van der Waals surface area contributed by atoms with E-state index in [0.717, 1.165) is 11.3 Å². The molecule has 0 aliphatic heterocycles. The zero-order valence-corrected chi connectivity index (χ0v) is 14.2. The summed E-state index contributed by atoms with van der Waals surface area (Å²) in [5.41, 5.74) is 1.43. The average Bonchev–Trinajstić information content (AvgIpc) is 3.14. The molecule has 0 fully saturated rings. The standard InChI is InChI=1S/C19H18FN3O3/c1-25-16-8-3-2-5-14(16)12-21-17(24)9-10-18-22-19(23-26-18)13-6-4-7-15(20)11-13/h2-8,11H,9-10,12H2,1H3,(H,21,24). The van der Waals surface area contributed by atoms with Gasteiger partial charge in [-0.1, -0.05) is 35.5 Å². The van der Waals surface area contributed by atoms with Crippen molar-refractivity contribution in [3.8, 4) is 17.1 Å². The Balaban J connectivity index is 1.52. The SMILES string of the molecule is COc1ccccc1CNC(=O)CCc1nc(-c2cccc(F)c2)no1. The van der Waals surface area contributed by atoms with E-state index >= 15 is 0 Å². The van der Waals surface area contributed by atoms with E-state index in [1.165, 1.54) is 12.1 Å². The van der Waals surface area contributed by atoms with Crippen LogP contribution in [0.25, 0.3) is 11.4 Å². The summed E-state index contributed by atoms with van der Waals surface area (Å²) in [7, 11) is 1.59. The van der Waals surface area contributed by atoms with Crippen LogP contribution in [0.5, 0.6) is 5.75 Å². The summed E-state index contributed by atoms with van der Waals surface area (Å²) in [6.07, 6.45) is 0.514. The zero-order chi connectivity index (χ0) is 18.4. The van der Waals surface area contributed by atoms with Crippen molar-refractivity contribution in [3.63, 3.8) is 0 Å². The number of nitrogens with zero attached hydrogens (tertiary/aromatic N) is 2. The topological polar surface area (TPSA) is 77.2 Å². The predicted octanol–water partition coefficient (Wildman–Crippen LogP) is 3.13. The Morgan fingerprint density at radius 3 is 2.88 bits per heavy atom. The summed E-state index contributed by atoms with van der Waals surface area (Å²) >= 11 is 0. The molecule has 1 amide bonds. The van der Waals surface area contributed by atoms with Crippen LogP contribution >= 0.6 is 0 Å². The molecule has 3 rings (SSSR count). The Morgan fingerprint density at radius 2 is 2.08 bits per heavy atom. The highest BCUT2D eigenvalue weighted by Crippen LogP contribution is 2.18. The van der Waals surface area contributed by atoms with Gasteiger partial charge in [0.2, 0.25) is 17.6 Å². The number of carbonyl (C=O) groups is 1. The smallest absolute Gasteiger partial charge is 0.227 e. The summed E-state index contributed by atoms with van der Waals surface area (Å²) < 4.78 is 23.6. The molecule has 0 spiro atoms. The molecule has 1 aromatic heterocycles. The lowest BCUT2D eigenvalue weighted by molar-refractivity contribution is -0.121. The largest absolute Gasteiger partial charge is 0.496 e. The maximum absolute atomic E-state index is 13.2. The van der Waals surface area contributed by atoms with Crippen LogP contribution in [0.4, 0.5) is 4.39 Å². The lowest BCUT2D eigenvalue weighted by atomic mass is 10.2. The number of methoxy groups -OCH3 is 1. The van der Waals surface area contributed by atoms with Crippen molar-refractivity contribution >= 4 is 5.91 Å². The Morgan fingerprint density at radius 1 is 1.23 bits per heavy atom. The van der Waals surface area contributed by atoms with E-state index in [2.05, 4.69) is 15.5 Å². The molecule has 0 unspecified atom stereocenters. The van der Waals surface area contributed by atoms with Crippen LogP contribution in [0.15, 0.2) is 53.1 Å². The molecule has 0 bridgehead atoms. The van der Waals surface area contributed by atoms with Crippen LogP contribution < -0.4 is 10.1 Å². The lowest BCUT2D eigenvalue weighted by Crippen LogP contribution is -2.23. The van der Waals surface area contributed by atoms with E-state index in [1.807, 2.05) is 24.3 Å². The van der Waals surface area contributed by atoms with Gasteiger partial charge in [-0.2, -0.15) is 4.98 Å². The highest BCUT2D eigenvalue weighted by molar-refractivity contribution is 5.76. The van der Waals surface area contributed by atoms with Gasteiger partial charge < -0.3 is 14.6 Å². The fourth-order valence-electron chi connectivity index (χ4n) is 2.45. The maximum Gasteiger partial charge on any atom is 0.227 e.